The summed E-state index contributed by atoms with van der Waals surface area (Å²) in [6.07, 6.45) is 2.94. The van der Waals surface area contributed by atoms with Crippen molar-refractivity contribution >= 4 is 33.5 Å². The number of rotatable bonds is 4. The molecule has 6 nitrogen and oxygen atoms in total. The number of nitrogens with zero attached hydrogens (tertiary/aromatic N) is 1. The van der Waals surface area contributed by atoms with Gasteiger partial charge in [-0.2, -0.15) is 0 Å². The quantitative estimate of drug-likeness (QED) is 0.802. The molecule has 0 saturated carbocycles. The molecule has 7 heteroatoms. The molecule has 1 amide bonds. The number of carbonyl (C=O) groups excluding carboxylic acids is 1. The summed E-state index contributed by atoms with van der Waals surface area (Å²) in [5, 5.41) is 11.3. The van der Waals surface area contributed by atoms with Crippen LogP contribution >= 0.6 is 15.9 Å². The second-order valence-electron chi connectivity index (χ2n) is 3.79. The van der Waals surface area contributed by atoms with E-state index in [0.29, 0.717) is 17.1 Å². The van der Waals surface area contributed by atoms with Gasteiger partial charge in [0.15, 0.2) is 0 Å². The van der Waals surface area contributed by atoms with Crippen LogP contribution in [0.3, 0.4) is 0 Å². The third-order valence-corrected chi connectivity index (χ3v) is 2.77. The number of aliphatic carboxylic acids is 1. The van der Waals surface area contributed by atoms with Crippen molar-refractivity contribution in [2.45, 2.75) is 6.42 Å². The number of aromatic nitrogens is 2. The van der Waals surface area contributed by atoms with E-state index in [1.54, 1.807) is 24.4 Å². The molecule has 2 aromatic rings. The first kappa shape index (κ1) is 13.3. The minimum Gasteiger partial charge on any atom is -0.481 e. The first-order valence-electron chi connectivity index (χ1n) is 5.36. The first-order valence-corrected chi connectivity index (χ1v) is 6.16. The lowest BCUT2D eigenvalue weighted by atomic mass is 10.2. The fraction of sp³-hybridized carbons (Fsp3) is 0.0833. The van der Waals surface area contributed by atoms with E-state index in [1.807, 2.05) is 0 Å². The molecule has 2 rings (SSSR count). The Balaban J connectivity index is 2.03. The number of amides is 1. The Kier molecular flexibility index (Phi) is 3.96. The Morgan fingerprint density at radius 2 is 2.21 bits per heavy atom. The van der Waals surface area contributed by atoms with Gasteiger partial charge in [0.05, 0.1) is 24.0 Å². The third kappa shape index (κ3) is 3.65. The number of nitrogens with one attached hydrogen (secondary N) is 2. The fourth-order valence-corrected chi connectivity index (χ4v) is 1.80. The molecule has 0 saturated heterocycles. The number of anilines is 1. The maximum absolute atomic E-state index is 11.8. The molecule has 0 spiro atoms. The summed E-state index contributed by atoms with van der Waals surface area (Å²) in [5.41, 5.74) is 1.36. The summed E-state index contributed by atoms with van der Waals surface area (Å²) < 4.78 is 0.785. The van der Waals surface area contributed by atoms with Crippen molar-refractivity contribution in [3.8, 4) is 0 Å². The van der Waals surface area contributed by atoms with Gasteiger partial charge in [-0.15, -0.1) is 0 Å². The van der Waals surface area contributed by atoms with Gasteiger partial charge in [0.1, 0.15) is 5.69 Å². The number of carboxylic acids is 1. The van der Waals surface area contributed by atoms with Crippen LogP contribution < -0.4 is 5.32 Å². The summed E-state index contributed by atoms with van der Waals surface area (Å²) in [7, 11) is 0. The zero-order valence-corrected chi connectivity index (χ0v) is 11.3. The summed E-state index contributed by atoms with van der Waals surface area (Å²) in [6.45, 7) is 0. The Bertz CT molecular complexity index is 607. The van der Waals surface area contributed by atoms with Gasteiger partial charge in [0.25, 0.3) is 5.91 Å². The molecule has 0 aliphatic heterocycles. The van der Waals surface area contributed by atoms with E-state index in [-0.39, 0.29) is 12.3 Å². The zero-order chi connectivity index (χ0) is 13.8. The molecule has 0 aliphatic carbocycles. The highest BCUT2D eigenvalue weighted by Gasteiger charge is 2.08. The largest absolute Gasteiger partial charge is 0.481 e. The fourth-order valence-electron chi connectivity index (χ4n) is 1.46. The van der Waals surface area contributed by atoms with Crippen LogP contribution in [0.25, 0.3) is 0 Å². The number of hydrogen-bond donors (Lipinski definition) is 3. The predicted octanol–water partition coefficient (Wildman–Crippen LogP) is 2.05. The molecule has 0 fully saturated rings. The van der Waals surface area contributed by atoms with Crippen molar-refractivity contribution < 1.29 is 14.7 Å². The van der Waals surface area contributed by atoms with Crippen molar-refractivity contribution in [1.29, 1.82) is 0 Å². The summed E-state index contributed by atoms with van der Waals surface area (Å²) in [4.78, 5) is 29.1. The van der Waals surface area contributed by atoms with E-state index in [0.717, 1.165) is 4.47 Å². The summed E-state index contributed by atoms with van der Waals surface area (Å²) in [6, 6.07) is 4.83. The molecule has 19 heavy (non-hydrogen) atoms. The van der Waals surface area contributed by atoms with Gasteiger partial charge >= 0.3 is 5.97 Å². The van der Waals surface area contributed by atoms with Crippen LogP contribution in [0.15, 0.2) is 35.1 Å². The minimum atomic E-state index is -0.944. The lowest BCUT2D eigenvalue weighted by molar-refractivity contribution is -0.136. The molecule has 0 unspecified atom stereocenters. The lowest BCUT2D eigenvalue weighted by Gasteiger charge is -2.04. The summed E-state index contributed by atoms with van der Waals surface area (Å²) in [5.74, 6) is -1.24. The SMILES string of the molecule is O=C(O)Cc1ccc(NC(=O)c2cc(Br)c[nH]2)cn1. The van der Waals surface area contributed by atoms with Gasteiger partial charge in [0.2, 0.25) is 0 Å². The first-order chi connectivity index (χ1) is 9.04. The molecule has 0 bridgehead atoms. The lowest BCUT2D eigenvalue weighted by Crippen LogP contribution is -2.12. The van der Waals surface area contributed by atoms with Gasteiger partial charge < -0.3 is 15.4 Å². The number of pyridine rings is 1. The molecule has 0 aromatic carbocycles. The van der Waals surface area contributed by atoms with Crippen molar-refractivity contribution in [3.63, 3.8) is 0 Å². The van der Waals surface area contributed by atoms with Gasteiger partial charge in [-0.25, -0.2) is 0 Å². The zero-order valence-electron chi connectivity index (χ0n) is 9.68. The van der Waals surface area contributed by atoms with E-state index in [2.05, 4.69) is 31.2 Å². The Hall–Kier alpha value is -2.15. The minimum absolute atomic E-state index is 0.141. The molecule has 2 aromatic heterocycles. The average molecular weight is 324 g/mol. The smallest absolute Gasteiger partial charge is 0.309 e. The maximum Gasteiger partial charge on any atom is 0.309 e. The molecule has 0 atom stereocenters. The third-order valence-electron chi connectivity index (χ3n) is 2.31. The Labute approximate surface area is 117 Å². The number of H-pyrrole nitrogens is 1. The van der Waals surface area contributed by atoms with Gasteiger partial charge in [-0.1, -0.05) is 0 Å². The van der Waals surface area contributed by atoms with E-state index >= 15 is 0 Å². The highest BCUT2D eigenvalue weighted by atomic mass is 79.9. The van der Waals surface area contributed by atoms with Crippen LogP contribution in [0, 0.1) is 0 Å². The normalized spacial score (nSPS) is 10.2. The topological polar surface area (TPSA) is 95.1 Å². The number of carboxylic acid groups (broad SMARTS) is 1. The maximum atomic E-state index is 11.8. The molecule has 2 heterocycles. The van der Waals surface area contributed by atoms with Crippen LogP contribution in [-0.4, -0.2) is 27.0 Å². The molecule has 0 aliphatic rings. The number of halogens is 1. The van der Waals surface area contributed by atoms with Gasteiger partial charge in [-0.05, 0) is 34.1 Å². The molecule has 0 radical (unpaired) electrons. The van der Waals surface area contributed by atoms with Crippen LogP contribution in [0.1, 0.15) is 16.2 Å². The van der Waals surface area contributed by atoms with Crippen molar-refractivity contribution in [2.75, 3.05) is 5.32 Å². The predicted molar refractivity (Wildman–Crippen MR) is 72.0 cm³/mol. The Morgan fingerprint density at radius 1 is 1.42 bits per heavy atom. The highest BCUT2D eigenvalue weighted by Crippen LogP contribution is 2.13. The van der Waals surface area contributed by atoms with Crippen LogP contribution in [0.2, 0.25) is 0 Å². The number of aromatic amines is 1. The van der Waals surface area contributed by atoms with Crippen molar-refractivity contribution in [2.24, 2.45) is 0 Å². The van der Waals surface area contributed by atoms with Gasteiger partial charge in [0, 0.05) is 10.7 Å². The van der Waals surface area contributed by atoms with E-state index < -0.39 is 5.97 Å². The van der Waals surface area contributed by atoms with Crippen LogP contribution in [0.5, 0.6) is 0 Å². The monoisotopic (exact) mass is 323 g/mol. The second kappa shape index (κ2) is 5.66. The van der Waals surface area contributed by atoms with E-state index in [9.17, 15) is 9.59 Å². The van der Waals surface area contributed by atoms with Crippen LogP contribution in [0.4, 0.5) is 5.69 Å². The highest BCUT2D eigenvalue weighted by molar-refractivity contribution is 9.10. The molecule has 3 N–H and O–H groups in total. The molecule has 98 valence electrons. The number of hydrogen-bond acceptors (Lipinski definition) is 3. The van der Waals surface area contributed by atoms with Crippen molar-refractivity contribution in [1.82, 2.24) is 9.97 Å². The molecular formula is C12H10BrN3O3. The van der Waals surface area contributed by atoms with E-state index in [1.165, 1.54) is 6.20 Å². The Morgan fingerprint density at radius 3 is 2.74 bits per heavy atom. The van der Waals surface area contributed by atoms with Crippen molar-refractivity contribution in [3.05, 3.63) is 46.5 Å². The summed E-state index contributed by atoms with van der Waals surface area (Å²) >= 11 is 3.24. The second-order valence-corrected chi connectivity index (χ2v) is 4.71. The standard InChI is InChI=1S/C12H10BrN3O3/c13-7-3-10(15-5-7)12(19)16-9-2-1-8(14-6-9)4-11(17)18/h1-3,5-6,15H,4H2,(H,16,19)(H,17,18). The van der Waals surface area contributed by atoms with Crippen LogP contribution in [-0.2, 0) is 11.2 Å². The number of carbonyl (C=O) groups is 2. The molecular weight excluding hydrogens is 314 g/mol. The average Bonchev–Trinajstić information content (AvgIpc) is 2.78. The van der Waals surface area contributed by atoms with Gasteiger partial charge in [-0.3, -0.25) is 14.6 Å². The van der Waals surface area contributed by atoms with E-state index in [4.69, 9.17) is 5.11 Å².